The third-order valence-electron chi connectivity index (χ3n) is 3.45. The Hall–Kier alpha value is -1.96. The summed E-state index contributed by atoms with van der Waals surface area (Å²) in [5, 5.41) is -0.0254. The van der Waals surface area contributed by atoms with Gasteiger partial charge in [0.15, 0.2) is 0 Å². The van der Waals surface area contributed by atoms with Crippen molar-refractivity contribution in [2.45, 2.75) is 11.3 Å². The Kier molecular flexibility index (Phi) is 5.93. The second kappa shape index (κ2) is 7.74. The molecular weight excluding hydrogens is 352 g/mol. The normalized spacial score (nSPS) is 11.5. The Balaban J connectivity index is 2.18. The Morgan fingerprint density at radius 2 is 2.04 bits per heavy atom. The largest absolute Gasteiger partial charge is 0.465 e. The number of sulfonamides is 1. The molecule has 0 aliphatic carbocycles. The first-order chi connectivity index (χ1) is 11.4. The van der Waals surface area contributed by atoms with E-state index in [9.17, 15) is 13.2 Å². The number of halogens is 1. The van der Waals surface area contributed by atoms with Crippen molar-refractivity contribution in [3.63, 3.8) is 0 Å². The van der Waals surface area contributed by atoms with Gasteiger partial charge < -0.3 is 4.74 Å². The summed E-state index contributed by atoms with van der Waals surface area (Å²) in [7, 11) is -1.05. The molecule has 0 N–H and O–H groups in total. The second-order valence-electron chi connectivity index (χ2n) is 5.03. The van der Waals surface area contributed by atoms with Crippen molar-refractivity contribution in [1.29, 1.82) is 0 Å². The number of benzene rings is 1. The minimum Gasteiger partial charge on any atom is -0.465 e. The first-order valence-electron chi connectivity index (χ1n) is 7.10. The summed E-state index contributed by atoms with van der Waals surface area (Å²) < 4.78 is 31.1. The van der Waals surface area contributed by atoms with Gasteiger partial charge in [0, 0.05) is 31.9 Å². The molecular formula is C16H17ClN2O4S. The van der Waals surface area contributed by atoms with E-state index in [0.29, 0.717) is 6.42 Å². The molecule has 0 fully saturated rings. The van der Waals surface area contributed by atoms with Crippen LogP contribution in [0.5, 0.6) is 0 Å². The lowest BCUT2D eigenvalue weighted by atomic mass is 10.2. The highest BCUT2D eigenvalue weighted by Crippen LogP contribution is 2.25. The van der Waals surface area contributed by atoms with Gasteiger partial charge in [0.1, 0.15) is 4.90 Å². The van der Waals surface area contributed by atoms with Gasteiger partial charge >= 0.3 is 5.97 Å². The number of carbonyl (C=O) groups is 1. The summed E-state index contributed by atoms with van der Waals surface area (Å²) in [6.45, 7) is 0.258. The zero-order valence-electron chi connectivity index (χ0n) is 13.3. The van der Waals surface area contributed by atoms with Gasteiger partial charge in [-0.3, -0.25) is 4.98 Å². The molecule has 0 aliphatic rings. The quantitative estimate of drug-likeness (QED) is 0.732. The van der Waals surface area contributed by atoms with E-state index in [1.807, 2.05) is 12.1 Å². The topological polar surface area (TPSA) is 76.6 Å². The summed E-state index contributed by atoms with van der Waals surface area (Å²) in [5.41, 5.74) is 0.990. The van der Waals surface area contributed by atoms with Crippen LogP contribution in [-0.2, 0) is 21.2 Å². The zero-order valence-corrected chi connectivity index (χ0v) is 14.8. The Morgan fingerprint density at radius 1 is 1.29 bits per heavy atom. The minimum atomic E-state index is -3.77. The van der Waals surface area contributed by atoms with Crippen molar-refractivity contribution in [2.24, 2.45) is 0 Å². The van der Waals surface area contributed by atoms with Gasteiger partial charge in [0.05, 0.1) is 17.7 Å². The SMILES string of the molecule is COC(=O)c1ccc(S(=O)(=O)N(C)CCc2ccccn2)c(Cl)c1. The monoisotopic (exact) mass is 368 g/mol. The lowest BCUT2D eigenvalue weighted by molar-refractivity contribution is 0.0600. The molecule has 0 spiro atoms. The number of aromatic nitrogens is 1. The van der Waals surface area contributed by atoms with Gasteiger partial charge in [-0.05, 0) is 30.3 Å². The predicted octanol–water partition coefficient (Wildman–Crippen LogP) is 2.38. The van der Waals surface area contributed by atoms with Crippen LogP contribution < -0.4 is 0 Å². The molecule has 24 heavy (non-hydrogen) atoms. The highest BCUT2D eigenvalue weighted by molar-refractivity contribution is 7.89. The van der Waals surface area contributed by atoms with Crippen LogP contribution in [0.4, 0.5) is 0 Å². The first kappa shape index (κ1) is 18.4. The average molecular weight is 369 g/mol. The Labute approximate surface area is 146 Å². The number of hydrogen-bond acceptors (Lipinski definition) is 5. The van der Waals surface area contributed by atoms with Crippen LogP contribution in [0.25, 0.3) is 0 Å². The van der Waals surface area contributed by atoms with Gasteiger partial charge in [-0.25, -0.2) is 17.5 Å². The van der Waals surface area contributed by atoms with Crippen molar-refractivity contribution in [3.05, 3.63) is 58.9 Å². The lowest BCUT2D eigenvalue weighted by Crippen LogP contribution is -2.29. The molecule has 1 aromatic carbocycles. The molecule has 0 saturated carbocycles. The molecule has 0 aliphatic heterocycles. The Bertz CT molecular complexity index is 825. The van der Waals surface area contributed by atoms with E-state index >= 15 is 0 Å². The van der Waals surface area contributed by atoms with Crippen molar-refractivity contribution >= 4 is 27.6 Å². The molecule has 0 amide bonds. The number of pyridine rings is 1. The molecule has 2 rings (SSSR count). The van der Waals surface area contributed by atoms with E-state index < -0.39 is 16.0 Å². The zero-order chi connectivity index (χ0) is 17.7. The molecule has 1 aromatic heterocycles. The molecule has 1 heterocycles. The summed E-state index contributed by atoms with van der Waals surface area (Å²) in [4.78, 5) is 15.6. The number of hydrogen-bond donors (Lipinski definition) is 0. The molecule has 8 heteroatoms. The standard InChI is InChI=1S/C16H17ClN2O4S/c1-19(10-8-13-5-3-4-9-18-13)24(21,22)15-7-6-12(11-14(15)17)16(20)23-2/h3-7,9,11H,8,10H2,1-2H3. The maximum absolute atomic E-state index is 12.6. The molecule has 6 nitrogen and oxygen atoms in total. The van der Waals surface area contributed by atoms with Gasteiger partial charge in [0.25, 0.3) is 0 Å². The number of methoxy groups -OCH3 is 1. The third kappa shape index (κ3) is 4.11. The summed E-state index contributed by atoms with van der Waals surface area (Å²) in [5.74, 6) is -0.579. The van der Waals surface area contributed by atoms with Crippen LogP contribution in [0.1, 0.15) is 16.1 Å². The van der Waals surface area contributed by atoms with Crippen LogP contribution in [0.3, 0.4) is 0 Å². The first-order valence-corrected chi connectivity index (χ1v) is 8.92. The van der Waals surface area contributed by atoms with E-state index in [-0.39, 0.29) is 22.0 Å². The number of likely N-dealkylation sites (N-methyl/N-ethyl adjacent to an activating group) is 1. The van der Waals surface area contributed by atoms with E-state index in [0.717, 1.165) is 5.69 Å². The van der Waals surface area contributed by atoms with Crippen molar-refractivity contribution < 1.29 is 17.9 Å². The third-order valence-corrected chi connectivity index (χ3v) is 5.79. The van der Waals surface area contributed by atoms with Gasteiger partial charge in [-0.2, -0.15) is 0 Å². The highest BCUT2D eigenvalue weighted by atomic mass is 35.5. The molecule has 0 unspecified atom stereocenters. The molecule has 0 atom stereocenters. The van der Waals surface area contributed by atoms with E-state index in [1.54, 1.807) is 12.3 Å². The second-order valence-corrected chi connectivity index (χ2v) is 7.45. The fourth-order valence-electron chi connectivity index (χ4n) is 2.06. The maximum Gasteiger partial charge on any atom is 0.337 e. The summed E-state index contributed by atoms with van der Waals surface area (Å²) in [6.07, 6.45) is 2.14. The fraction of sp³-hybridized carbons (Fsp3) is 0.250. The van der Waals surface area contributed by atoms with Gasteiger partial charge in [-0.1, -0.05) is 17.7 Å². The van der Waals surface area contributed by atoms with Gasteiger partial charge in [0.2, 0.25) is 10.0 Å². The van der Waals surface area contributed by atoms with E-state index in [2.05, 4.69) is 9.72 Å². The number of ether oxygens (including phenoxy) is 1. The lowest BCUT2D eigenvalue weighted by Gasteiger charge is -2.18. The number of rotatable bonds is 6. The average Bonchev–Trinajstić information content (AvgIpc) is 2.59. The number of carbonyl (C=O) groups excluding carboxylic acids is 1. The Morgan fingerprint density at radius 3 is 2.62 bits per heavy atom. The van der Waals surface area contributed by atoms with E-state index in [4.69, 9.17) is 11.6 Å². The van der Waals surface area contributed by atoms with Crippen molar-refractivity contribution in [3.8, 4) is 0 Å². The minimum absolute atomic E-state index is 0.0254. The van der Waals surface area contributed by atoms with Crippen LogP contribution in [0.15, 0.2) is 47.5 Å². The molecule has 2 aromatic rings. The van der Waals surface area contributed by atoms with Crippen molar-refractivity contribution in [1.82, 2.24) is 9.29 Å². The van der Waals surface area contributed by atoms with E-state index in [1.165, 1.54) is 36.7 Å². The van der Waals surface area contributed by atoms with Gasteiger partial charge in [-0.15, -0.1) is 0 Å². The molecule has 128 valence electrons. The summed E-state index contributed by atoms with van der Waals surface area (Å²) in [6, 6.07) is 9.44. The van der Waals surface area contributed by atoms with Crippen LogP contribution in [0.2, 0.25) is 5.02 Å². The summed E-state index contributed by atoms with van der Waals surface area (Å²) >= 11 is 6.05. The van der Waals surface area contributed by atoms with Crippen LogP contribution in [0, 0.1) is 0 Å². The molecule has 0 radical (unpaired) electrons. The van der Waals surface area contributed by atoms with Crippen LogP contribution >= 0.6 is 11.6 Å². The van der Waals surface area contributed by atoms with Crippen LogP contribution in [-0.4, -0.2) is 44.4 Å². The number of esters is 1. The molecule has 0 saturated heterocycles. The fourth-order valence-corrected chi connectivity index (χ4v) is 3.75. The molecule has 0 bridgehead atoms. The highest BCUT2D eigenvalue weighted by Gasteiger charge is 2.24. The smallest absolute Gasteiger partial charge is 0.337 e. The maximum atomic E-state index is 12.6. The number of nitrogens with zero attached hydrogens (tertiary/aromatic N) is 2. The predicted molar refractivity (Wildman–Crippen MR) is 90.5 cm³/mol. The van der Waals surface area contributed by atoms with Crippen molar-refractivity contribution in [2.75, 3.05) is 20.7 Å².